The second kappa shape index (κ2) is 6.71. The molecule has 1 aromatic carbocycles. The molecule has 0 atom stereocenters. The Morgan fingerprint density at radius 2 is 1.94 bits per heavy atom. The lowest BCUT2D eigenvalue weighted by atomic mass is 10.2. The van der Waals surface area contributed by atoms with Crippen molar-refractivity contribution >= 4 is 6.09 Å². The number of alkyl carbamates (subject to hydrolysis) is 1. The average molecular weight is 223 g/mol. The van der Waals surface area contributed by atoms with Gasteiger partial charge in [-0.3, -0.25) is 0 Å². The van der Waals surface area contributed by atoms with Crippen LogP contribution in [0.1, 0.15) is 19.4 Å². The van der Waals surface area contributed by atoms with Crippen LogP contribution >= 0.6 is 0 Å². The van der Waals surface area contributed by atoms with E-state index < -0.39 is 6.09 Å². The molecule has 0 aliphatic rings. The summed E-state index contributed by atoms with van der Waals surface area (Å²) in [6.07, 6.45) is -0.392. The van der Waals surface area contributed by atoms with E-state index in [1.165, 1.54) is 0 Å². The summed E-state index contributed by atoms with van der Waals surface area (Å²) in [7, 11) is 0. The fraction of sp³-hybridized carbons (Fsp3) is 0.417. The zero-order valence-corrected chi connectivity index (χ0v) is 9.66. The van der Waals surface area contributed by atoms with Gasteiger partial charge in [-0.1, -0.05) is 12.1 Å². The Kier molecular flexibility index (Phi) is 5.19. The highest BCUT2D eigenvalue weighted by molar-refractivity contribution is 5.66. The molecule has 16 heavy (non-hydrogen) atoms. The minimum atomic E-state index is -0.392. The molecule has 1 rings (SSSR count). The van der Waals surface area contributed by atoms with E-state index in [0.29, 0.717) is 13.2 Å². The van der Waals surface area contributed by atoms with Crippen LogP contribution in [0.25, 0.3) is 0 Å². The largest absolute Gasteiger partial charge is 0.494 e. The van der Waals surface area contributed by atoms with Gasteiger partial charge in [0, 0.05) is 6.54 Å². The highest BCUT2D eigenvalue weighted by atomic mass is 16.5. The van der Waals surface area contributed by atoms with E-state index in [1.807, 2.05) is 38.1 Å². The fourth-order valence-corrected chi connectivity index (χ4v) is 1.19. The molecular weight excluding hydrogens is 206 g/mol. The van der Waals surface area contributed by atoms with E-state index in [9.17, 15) is 4.79 Å². The number of hydrogen-bond acceptors (Lipinski definition) is 3. The van der Waals surface area contributed by atoms with Gasteiger partial charge in [0.15, 0.2) is 0 Å². The number of carbonyl (C=O) groups is 1. The normalized spacial score (nSPS) is 9.62. The van der Waals surface area contributed by atoms with E-state index in [4.69, 9.17) is 9.47 Å². The SMILES string of the molecule is CCNC(=O)OCc1ccc(OCC)cc1. The van der Waals surface area contributed by atoms with Gasteiger partial charge in [-0.05, 0) is 31.5 Å². The molecular formula is C12H17NO3. The first-order chi connectivity index (χ1) is 7.76. The van der Waals surface area contributed by atoms with Gasteiger partial charge in [-0.25, -0.2) is 4.79 Å². The molecule has 1 aromatic rings. The summed E-state index contributed by atoms with van der Waals surface area (Å²) in [6.45, 7) is 5.28. The Balaban J connectivity index is 2.40. The molecule has 0 heterocycles. The fourth-order valence-electron chi connectivity index (χ4n) is 1.19. The molecule has 0 fully saturated rings. The molecule has 0 unspecified atom stereocenters. The zero-order chi connectivity index (χ0) is 11.8. The Bertz CT molecular complexity index is 322. The second-order valence-corrected chi connectivity index (χ2v) is 3.18. The molecule has 0 saturated carbocycles. The maximum atomic E-state index is 11.0. The van der Waals surface area contributed by atoms with Gasteiger partial charge < -0.3 is 14.8 Å². The lowest BCUT2D eigenvalue weighted by Gasteiger charge is -2.06. The van der Waals surface area contributed by atoms with E-state index in [1.54, 1.807) is 0 Å². The number of carbonyl (C=O) groups excluding carboxylic acids is 1. The third kappa shape index (κ3) is 4.21. The summed E-state index contributed by atoms with van der Waals surface area (Å²) >= 11 is 0. The minimum Gasteiger partial charge on any atom is -0.494 e. The number of rotatable bonds is 5. The van der Waals surface area contributed by atoms with Crippen molar-refractivity contribution in [3.05, 3.63) is 29.8 Å². The first-order valence-corrected chi connectivity index (χ1v) is 5.38. The van der Waals surface area contributed by atoms with Crippen LogP contribution in [0.3, 0.4) is 0 Å². The predicted molar refractivity (Wildman–Crippen MR) is 61.5 cm³/mol. The van der Waals surface area contributed by atoms with Crippen LogP contribution in [0.4, 0.5) is 4.79 Å². The molecule has 0 spiro atoms. The average Bonchev–Trinajstić information content (AvgIpc) is 2.29. The van der Waals surface area contributed by atoms with Crippen LogP contribution < -0.4 is 10.1 Å². The molecule has 4 heteroatoms. The van der Waals surface area contributed by atoms with Gasteiger partial charge >= 0.3 is 6.09 Å². The Hall–Kier alpha value is -1.71. The van der Waals surface area contributed by atoms with Crippen molar-refractivity contribution in [1.82, 2.24) is 5.32 Å². The summed E-state index contributed by atoms with van der Waals surface area (Å²) in [4.78, 5) is 11.0. The molecule has 0 aliphatic carbocycles. The van der Waals surface area contributed by atoms with E-state index in [-0.39, 0.29) is 6.61 Å². The van der Waals surface area contributed by atoms with Gasteiger partial charge in [-0.2, -0.15) is 0 Å². The third-order valence-electron chi connectivity index (χ3n) is 1.93. The van der Waals surface area contributed by atoms with Crippen LogP contribution in [-0.2, 0) is 11.3 Å². The van der Waals surface area contributed by atoms with Crippen molar-refractivity contribution in [3.63, 3.8) is 0 Å². The van der Waals surface area contributed by atoms with E-state index >= 15 is 0 Å². The van der Waals surface area contributed by atoms with Crippen LogP contribution in [0.5, 0.6) is 5.75 Å². The maximum Gasteiger partial charge on any atom is 0.407 e. The standard InChI is InChI=1S/C12H17NO3/c1-3-13-12(14)16-9-10-5-7-11(8-6-10)15-4-2/h5-8H,3-4,9H2,1-2H3,(H,13,14). The summed E-state index contributed by atoms with van der Waals surface area (Å²) in [5, 5.41) is 2.56. The minimum absolute atomic E-state index is 0.276. The summed E-state index contributed by atoms with van der Waals surface area (Å²) in [6, 6.07) is 7.48. The Morgan fingerprint density at radius 1 is 1.25 bits per heavy atom. The summed E-state index contributed by atoms with van der Waals surface area (Å²) < 4.78 is 10.3. The first-order valence-electron chi connectivity index (χ1n) is 5.38. The van der Waals surface area contributed by atoms with Crippen molar-refractivity contribution in [2.45, 2.75) is 20.5 Å². The second-order valence-electron chi connectivity index (χ2n) is 3.18. The van der Waals surface area contributed by atoms with Crippen molar-refractivity contribution in [1.29, 1.82) is 0 Å². The topological polar surface area (TPSA) is 47.6 Å². The lowest BCUT2D eigenvalue weighted by Crippen LogP contribution is -2.23. The van der Waals surface area contributed by atoms with Crippen LogP contribution in [0.2, 0.25) is 0 Å². The third-order valence-corrected chi connectivity index (χ3v) is 1.93. The molecule has 4 nitrogen and oxygen atoms in total. The number of amides is 1. The highest BCUT2D eigenvalue weighted by Gasteiger charge is 2.00. The Labute approximate surface area is 95.6 Å². The van der Waals surface area contributed by atoms with Crippen molar-refractivity contribution in [3.8, 4) is 5.75 Å². The summed E-state index contributed by atoms with van der Waals surface area (Å²) in [5.41, 5.74) is 0.940. The van der Waals surface area contributed by atoms with Gasteiger partial charge in [0.2, 0.25) is 0 Å². The molecule has 88 valence electrons. The van der Waals surface area contributed by atoms with Crippen molar-refractivity contribution in [2.75, 3.05) is 13.2 Å². The van der Waals surface area contributed by atoms with Gasteiger partial charge in [0.25, 0.3) is 0 Å². The number of hydrogen-bond donors (Lipinski definition) is 1. The first kappa shape index (κ1) is 12.4. The van der Waals surface area contributed by atoms with Crippen LogP contribution in [0.15, 0.2) is 24.3 Å². The van der Waals surface area contributed by atoms with Gasteiger partial charge in [0.1, 0.15) is 12.4 Å². The van der Waals surface area contributed by atoms with Crippen LogP contribution in [0, 0.1) is 0 Å². The molecule has 0 radical (unpaired) electrons. The lowest BCUT2D eigenvalue weighted by molar-refractivity contribution is 0.140. The molecule has 0 aliphatic heterocycles. The van der Waals surface area contributed by atoms with Crippen LogP contribution in [-0.4, -0.2) is 19.2 Å². The number of ether oxygens (including phenoxy) is 2. The predicted octanol–water partition coefficient (Wildman–Crippen LogP) is 2.33. The molecule has 1 amide bonds. The van der Waals surface area contributed by atoms with E-state index in [0.717, 1.165) is 11.3 Å². The molecule has 0 aromatic heterocycles. The zero-order valence-electron chi connectivity index (χ0n) is 9.66. The van der Waals surface area contributed by atoms with Gasteiger partial charge in [0.05, 0.1) is 6.61 Å². The van der Waals surface area contributed by atoms with Crippen molar-refractivity contribution in [2.24, 2.45) is 0 Å². The molecule has 0 saturated heterocycles. The molecule has 0 bridgehead atoms. The van der Waals surface area contributed by atoms with Crippen molar-refractivity contribution < 1.29 is 14.3 Å². The summed E-state index contributed by atoms with van der Waals surface area (Å²) in [5.74, 6) is 0.823. The number of benzene rings is 1. The Morgan fingerprint density at radius 3 is 2.50 bits per heavy atom. The smallest absolute Gasteiger partial charge is 0.407 e. The molecule has 1 N–H and O–H groups in total. The quantitative estimate of drug-likeness (QED) is 0.833. The monoisotopic (exact) mass is 223 g/mol. The van der Waals surface area contributed by atoms with E-state index in [2.05, 4.69) is 5.32 Å². The highest BCUT2D eigenvalue weighted by Crippen LogP contribution is 2.12. The van der Waals surface area contributed by atoms with Gasteiger partial charge in [-0.15, -0.1) is 0 Å². The maximum absolute atomic E-state index is 11.0. The number of nitrogens with one attached hydrogen (secondary N) is 1.